The minimum Gasteiger partial charge on any atom is -0.368 e. The van der Waals surface area contributed by atoms with Gasteiger partial charge in [-0.1, -0.05) is 20.8 Å². The number of aromatic nitrogens is 4. The molecule has 1 aliphatic carbocycles. The molecule has 1 N–H and O–H groups in total. The van der Waals surface area contributed by atoms with E-state index in [9.17, 15) is 13.2 Å². The average Bonchev–Trinajstić information content (AvgIpc) is 3.22. The van der Waals surface area contributed by atoms with Crippen molar-refractivity contribution in [2.75, 3.05) is 31.5 Å². The molecule has 32 heavy (non-hydrogen) atoms. The number of halogens is 3. The summed E-state index contributed by atoms with van der Waals surface area (Å²) >= 11 is 0. The summed E-state index contributed by atoms with van der Waals surface area (Å²) in [6.45, 7) is 11.3. The minimum atomic E-state index is -4.48. The molecule has 2 aromatic heterocycles. The van der Waals surface area contributed by atoms with E-state index in [4.69, 9.17) is 0 Å². The Labute approximate surface area is 187 Å². The van der Waals surface area contributed by atoms with Crippen LogP contribution in [0.25, 0.3) is 11.4 Å². The van der Waals surface area contributed by atoms with Crippen LogP contribution in [0.2, 0.25) is 0 Å². The van der Waals surface area contributed by atoms with Gasteiger partial charge in [0.2, 0.25) is 0 Å². The zero-order valence-electron chi connectivity index (χ0n) is 19.3. The first-order valence-corrected chi connectivity index (χ1v) is 11.4. The number of hydrogen-bond acceptors (Lipinski definition) is 5. The van der Waals surface area contributed by atoms with Crippen molar-refractivity contribution < 1.29 is 13.2 Å². The quantitative estimate of drug-likeness (QED) is 0.682. The van der Waals surface area contributed by atoms with Gasteiger partial charge in [0.25, 0.3) is 0 Å². The van der Waals surface area contributed by atoms with Gasteiger partial charge in [0, 0.05) is 13.6 Å². The van der Waals surface area contributed by atoms with Crippen LogP contribution in [0.4, 0.5) is 19.0 Å². The third-order valence-corrected chi connectivity index (χ3v) is 7.02. The topological polar surface area (TPSA) is 58.9 Å². The Balaban J connectivity index is 1.26. The second-order valence-electron chi connectivity index (χ2n) is 10.6. The Kier molecular flexibility index (Phi) is 5.98. The Morgan fingerprint density at radius 3 is 2.41 bits per heavy atom. The van der Waals surface area contributed by atoms with Crippen molar-refractivity contribution in [3.63, 3.8) is 0 Å². The Bertz CT molecular complexity index is 921. The second kappa shape index (κ2) is 8.32. The van der Waals surface area contributed by atoms with Crippen LogP contribution in [0.5, 0.6) is 0 Å². The molecule has 1 aliphatic heterocycles. The van der Waals surface area contributed by atoms with Crippen LogP contribution in [0.1, 0.15) is 52.1 Å². The SMILES string of the molecule is Cn1nc(C(F)(F)F)cc1-c1ccc(NCC2CC23CCN(CCC(C)(C)C)CC3)nn1. The van der Waals surface area contributed by atoms with Gasteiger partial charge < -0.3 is 10.2 Å². The zero-order chi connectivity index (χ0) is 23.1. The lowest BCUT2D eigenvalue weighted by atomic mass is 9.88. The summed E-state index contributed by atoms with van der Waals surface area (Å²) < 4.78 is 39.8. The fourth-order valence-corrected chi connectivity index (χ4v) is 4.68. The highest BCUT2D eigenvalue weighted by atomic mass is 19.4. The highest BCUT2D eigenvalue weighted by Crippen LogP contribution is 2.59. The third-order valence-electron chi connectivity index (χ3n) is 7.02. The summed E-state index contributed by atoms with van der Waals surface area (Å²) in [7, 11) is 1.47. The van der Waals surface area contributed by atoms with Gasteiger partial charge in [0.15, 0.2) is 5.69 Å². The van der Waals surface area contributed by atoms with Crippen molar-refractivity contribution in [1.29, 1.82) is 0 Å². The number of hydrogen-bond donors (Lipinski definition) is 1. The van der Waals surface area contributed by atoms with Crippen molar-refractivity contribution in [2.45, 2.75) is 52.6 Å². The van der Waals surface area contributed by atoms with Crippen LogP contribution in [0, 0.1) is 16.7 Å². The van der Waals surface area contributed by atoms with Gasteiger partial charge in [0.1, 0.15) is 11.5 Å². The van der Waals surface area contributed by atoms with E-state index in [0.717, 1.165) is 12.6 Å². The van der Waals surface area contributed by atoms with Gasteiger partial charge in [-0.15, -0.1) is 10.2 Å². The van der Waals surface area contributed by atoms with Gasteiger partial charge >= 0.3 is 6.18 Å². The van der Waals surface area contributed by atoms with Crippen LogP contribution in [0.15, 0.2) is 18.2 Å². The Morgan fingerprint density at radius 2 is 1.84 bits per heavy atom. The van der Waals surface area contributed by atoms with Gasteiger partial charge in [-0.25, -0.2) is 0 Å². The fraction of sp³-hybridized carbons (Fsp3) is 0.696. The summed E-state index contributed by atoms with van der Waals surface area (Å²) in [5, 5.41) is 15.2. The molecule has 1 unspecified atom stereocenters. The summed E-state index contributed by atoms with van der Waals surface area (Å²) in [4.78, 5) is 2.60. The van der Waals surface area contributed by atoms with Gasteiger partial charge in [-0.3, -0.25) is 4.68 Å². The largest absolute Gasteiger partial charge is 0.435 e. The molecule has 1 atom stereocenters. The Morgan fingerprint density at radius 1 is 1.12 bits per heavy atom. The molecule has 9 heteroatoms. The number of alkyl halides is 3. The maximum atomic E-state index is 12.9. The number of rotatable bonds is 6. The fourth-order valence-electron chi connectivity index (χ4n) is 4.68. The van der Waals surface area contributed by atoms with Crippen molar-refractivity contribution in [3.05, 3.63) is 23.9 Å². The number of piperidine rings is 1. The standard InChI is InChI=1S/C23H33F3N6/c1-21(2,3)7-10-32-11-8-22(9-12-32)14-16(22)15-27-20-6-5-17(28-29-20)18-13-19(23(24,25)26)30-31(18)4/h5-6,13,16H,7-12,14-15H2,1-4H3,(H,27,29). The summed E-state index contributed by atoms with van der Waals surface area (Å²) in [5.74, 6) is 1.30. The van der Waals surface area contributed by atoms with Gasteiger partial charge in [-0.2, -0.15) is 18.3 Å². The van der Waals surface area contributed by atoms with Crippen LogP contribution in [-0.4, -0.2) is 51.1 Å². The number of aryl methyl sites for hydroxylation is 1. The Hall–Kier alpha value is -2.16. The predicted octanol–water partition coefficient (Wildman–Crippen LogP) is 4.85. The summed E-state index contributed by atoms with van der Waals surface area (Å²) in [5.41, 5.74) is 0.584. The van der Waals surface area contributed by atoms with Crippen molar-refractivity contribution in [1.82, 2.24) is 24.9 Å². The molecule has 3 heterocycles. The number of anilines is 1. The molecular weight excluding hydrogens is 417 g/mol. The summed E-state index contributed by atoms with van der Waals surface area (Å²) in [6, 6.07) is 4.45. The van der Waals surface area contributed by atoms with E-state index in [1.807, 2.05) is 0 Å². The third kappa shape index (κ3) is 5.24. The molecule has 6 nitrogen and oxygen atoms in total. The molecule has 0 bridgehead atoms. The van der Waals surface area contributed by atoms with E-state index in [-0.39, 0.29) is 5.69 Å². The van der Waals surface area contributed by atoms with E-state index >= 15 is 0 Å². The lowest BCUT2D eigenvalue weighted by molar-refractivity contribution is -0.141. The molecule has 4 rings (SSSR count). The first-order valence-electron chi connectivity index (χ1n) is 11.4. The minimum absolute atomic E-state index is 0.288. The first-order chi connectivity index (χ1) is 15.0. The average molecular weight is 451 g/mol. The molecule has 2 fully saturated rings. The maximum absolute atomic E-state index is 12.9. The van der Waals surface area contributed by atoms with Gasteiger partial charge in [-0.05, 0) is 80.3 Å². The molecule has 1 saturated carbocycles. The van der Waals surface area contributed by atoms with Crippen molar-refractivity contribution in [2.24, 2.45) is 23.8 Å². The normalized spacial score (nSPS) is 21.2. The summed E-state index contributed by atoms with van der Waals surface area (Å²) in [6.07, 6.45) is 0.532. The predicted molar refractivity (Wildman–Crippen MR) is 118 cm³/mol. The molecule has 176 valence electrons. The maximum Gasteiger partial charge on any atom is 0.435 e. The van der Waals surface area contributed by atoms with E-state index in [1.54, 1.807) is 12.1 Å². The molecule has 0 radical (unpaired) electrons. The lowest BCUT2D eigenvalue weighted by Gasteiger charge is -2.34. The van der Waals surface area contributed by atoms with E-state index < -0.39 is 11.9 Å². The van der Waals surface area contributed by atoms with Crippen LogP contribution in [-0.2, 0) is 13.2 Å². The molecule has 1 spiro atoms. The molecule has 2 aliphatic rings. The highest BCUT2D eigenvalue weighted by Gasteiger charge is 2.54. The van der Waals surface area contributed by atoms with Crippen LogP contribution in [0.3, 0.4) is 0 Å². The number of nitrogens with one attached hydrogen (secondary N) is 1. The van der Waals surface area contributed by atoms with E-state index in [1.165, 1.54) is 57.0 Å². The first kappa shape index (κ1) is 23.0. The number of likely N-dealkylation sites (tertiary alicyclic amines) is 1. The van der Waals surface area contributed by atoms with Gasteiger partial charge in [0.05, 0.1) is 5.69 Å². The highest BCUT2D eigenvalue weighted by molar-refractivity contribution is 5.56. The zero-order valence-corrected chi connectivity index (χ0v) is 19.3. The van der Waals surface area contributed by atoms with E-state index in [0.29, 0.717) is 28.3 Å². The second-order valence-corrected chi connectivity index (χ2v) is 10.6. The molecule has 1 saturated heterocycles. The van der Waals surface area contributed by atoms with Crippen molar-refractivity contribution >= 4 is 5.82 Å². The smallest absolute Gasteiger partial charge is 0.368 e. The molecular formula is C23H33F3N6. The monoisotopic (exact) mass is 450 g/mol. The van der Waals surface area contributed by atoms with Crippen LogP contribution < -0.4 is 5.32 Å². The van der Waals surface area contributed by atoms with Crippen molar-refractivity contribution in [3.8, 4) is 11.4 Å². The molecule has 0 aromatic carbocycles. The van der Waals surface area contributed by atoms with Crippen LogP contribution >= 0.6 is 0 Å². The lowest BCUT2D eigenvalue weighted by Crippen LogP contribution is -2.37. The number of nitrogens with zero attached hydrogens (tertiary/aromatic N) is 5. The molecule has 0 amide bonds. The van der Waals surface area contributed by atoms with E-state index in [2.05, 4.69) is 46.3 Å². The molecule has 2 aromatic rings.